The molecule has 0 bridgehead atoms. The number of nitrogens with one attached hydrogen (secondary N) is 1. The van der Waals surface area contributed by atoms with Gasteiger partial charge in [0.2, 0.25) is 5.76 Å². The molecule has 1 saturated heterocycles. The second kappa shape index (κ2) is 6.44. The van der Waals surface area contributed by atoms with Crippen LogP contribution >= 0.6 is 0 Å². The van der Waals surface area contributed by atoms with Crippen molar-refractivity contribution in [2.75, 3.05) is 13.1 Å². The maximum atomic E-state index is 12.6. The quantitative estimate of drug-likeness (QED) is 0.774. The number of carbonyl (C=O) groups is 1. The number of likely N-dealkylation sites (tertiary alicyclic amines) is 1. The van der Waals surface area contributed by atoms with E-state index in [9.17, 15) is 9.59 Å². The van der Waals surface area contributed by atoms with Gasteiger partial charge in [0.1, 0.15) is 0 Å². The predicted octanol–water partition coefficient (Wildman–Crippen LogP) is 1.90. The first-order chi connectivity index (χ1) is 12.5. The van der Waals surface area contributed by atoms with Crippen LogP contribution in [0.15, 0.2) is 27.5 Å². The van der Waals surface area contributed by atoms with Crippen LogP contribution in [0.5, 0.6) is 0 Å². The van der Waals surface area contributed by atoms with E-state index in [4.69, 9.17) is 4.52 Å². The molecule has 4 heterocycles. The van der Waals surface area contributed by atoms with Crippen molar-refractivity contribution < 1.29 is 9.32 Å². The number of H-pyrrole nitrogens is 1. The zero-order valence-corrected chi connectivity index (χ0v) is 14.9. The summed E-state index contributed by atoms with van der Waals surface area (Å²) in [4.78, 5) is 31.1. The fourth-order valence-electron chi connectivity index (χ4n) is 3.48. The summed E-state index contributed by atoms with van der Waals surface area (Å²) in [6, 6.07) is 5.12. The minimum absolute atomic E-state index is 0.112. The van der Waals surface area contributed by atoms with Crippen molar-refractivity contribution in [1.29, 1.82) is 0 Å². The Morgan fingerprint density at radius 3 is 2.96 bits per heavy atom. The molecule has 1 N–H and O–H groups in total. The first-order valence-electron chi connectivity index (χ1n) is 8.89. The molecular weight excluding hydrogens is 334 g/mol. The number of aromatic amines is 1. The van der Waals surface area contributed by atoms with Gasteiger partial charge in [0.15, 0.2) is 5.65 Å². The average molecular weight is 355 g/mol. The average Bonchev–Trinajstić information content (AvgIpc) is 3.27. The van der Waals surface area contributed by atoms with E-state index < -0.39 is 0 Å². The van der Waals surface area contributed by atoms with Crippen molar-refractivity contribution in [3.63, 3.8) is 0 Å². The van der Waals surface area contributed by atoms with Crippen LogP contribution in [0.4, 0.5) is 0 Å². The van der Waals surface area contributed by atoms with Gasteiger partial charge in [-0.2, -0.15) is 0 Å². The van der Waals surface area contributed by atoms with Gasteiger partial charge in [-0.05, 0) is 26.2 Å². The summed E-state index contributed by atoms with van der Waals surface area (Å²) in [5, 5.41) is 6.95. The monoisotopic (exact) mass is 355 g/mol. The highest BCUT2D eigenvalue weighted by Gasteiger charge is 2.28. The van der Waals surface area contributed by atoms with E-state index in [2.05, 4.69) is 15.2 Å². The molecule has 1 atom stereocenters. The number of aryl methyl sites for hydroxylation is 2. The summed E-state index contributed by atoms with van der Waals surface area (Å²) >= 11 is 0. The number of aromatic nitrogens is 4. The molecule has 8 nitrogen and oxygen atoms in total. The van der Waals surface area contributed by atoms with Gasteiger partial charge in [-0.25, -0.2) is 9.50 Å². The Morgan fingerprint density at radius 1 is 1.38 bits per heavy atom. The van der Waals surface area contributed by atoms with Gasteiger partial charge in [-0.1, -0.05) is 12.1 Å². The highest BCUT2D eigenvalue weighted by atomic mass is 16.5. The van der Waals surface area contributed by atoms with Crippen LogP contribution in [0, 0.1) is 6.92 Å². The molecule has 1 fully saturated rings. The van der Waals surface area contributed by atoms with Gasteiger partial charge < -0.3 is 9.42 Å². The van der Waals surface area contributed by atoms with Crippen LogP contribution in [-0.4, -0.2) is 43.7 Å². The largest absolute Gasteiger partial charge is 0.351 e. The molecule has 1 aliphatic heterocycles. The van der Waals surface area contributed by atoms with Crippen molar-refractivity contribution in [3.8, 4) is 0 Å². The number of hydrogen-bond acceptors (Lipinski definition) is 5. The molecule has 26 heavy (non-hydrogen) atoms. The van der Waals surface area contributed by atoms with Gasteiger partial charge in [-0.15, -0.1) is 0 Å². The molecule has 0 saturated carbocycles. The zero-order chi connectivity index (χ0) is 18.3. The van der Waals surface area contributed by atoms with Crippen LogP contribution in [-0.2, 0) is 6.42 Å². The smallest absolute Gasteiger partial charge is 0.292 e. The predicted molar refractivity (Wildman–Crippen MR) is 94.3 cm³/mol. The molecule has 8 heteroatoms. The molecule has 1 unspecified atom stereocenters. The lowest BCUT2D eigenvalue weighted by atomic mass is 9.94. The first-order valence-corrected chi connectivity index (χ1v) is 8.89. The van der Waals surface area contributed by atoms with Gasteiger partial charge in [0.05, 0.1) is 5.69 Å². The Kier molecular flexibility index (Phi) is 4.10. The summed E-state index contributed by atoms with van der Waals surface area (Å²) in [7, 11) is 0. The van der Waals surface area contributed by atoms with E-state index >= 15 is 0 Å². The van der Waals surface area contributed by atoms with Crippen LogP contribution in [0.1, 0.15) is 53.3 Å². The second-order valence-corrected chi connectivity index (χ2v) is 6.77. The Balaban J connectivity index is 1.60. The van der Waals surface area contributed by atoms with E-state index in [0.717, 1.165) is 24.2 Å². The van der Waals surface area contributed by atoms with Gasteiger partial charge >= 0.3 is 0 Å². The van der Waals surface area contributed by atoms with E-state index in [0.29, 0.717) is 30.9 Å². The van der Waals surface area contributed by atoms with Crippen molar-refractivity contribution in [1.82, 2.24) is 24.7 Å². The van der Waals surface area contributed by atoms with Crippen LogP contribution in [0.25, 0.3) is 5.65 Å². The molecule has 0 aliphatic carbocycles. The first kappa shape index (κ1) is 16.6. The van der Waals surface area contributed by atoms with Crippen molar-refractivity contribution in [2.45, 2.75) is 39.0 Å². The van der Waals surface area contributed by atoms with Crippen molar-refractivity contribution in [3.05, 3.63) is 51.4 Å². The number of fused-ring (bicyclic) bond motifs is 1. The maximum absolute atomic E-state index is 12.6. The van der Waals surface area contributed by atoms with Crippen molar-refractivity contribution >= 4 is 11.6 Å². The Hall–Kier alpha value is -2.90. The summed E-state index contributed by atoms with van der Waals surface area (Å²) in [5.41, 5.74) is 2.91. The molecule has 1 aliphatic rings. The topological polar surface area (TPSA) is 96.5 Å². The van der Waals surface area contributed by atoms with Crippen LogP contribution in [0.3, 0.4) is 0 Å². The highest BCUT2D eigenvalue weighted by molar-refractivity contribution is 5.91. The standard InChI is InChI=1S/C18H21N5O3/c1-3-13-8-17(24)23-16(19-13)9-14(20-23)12-5-4-6-22(10-12)18(25)15-7-11(2)21-26-15/h7-9,12,20H,3-6,10H2,1-2H3. The third-order valence-corrected chi connectivity index (χ3v) is 4.87. The number of rotatable bonds is 3. The Bertz CT molecular complexity index is 1020. The summed E-state index contributed by atoms with van der Waals surface area (Å²) in [6.07, 6.45) is 2.55. The van der Waals surface area contributed by atoms with E-state index in [1.165, 1.54) is 4.52 Å². The van der Waals surface area contributed by atoms with Crippen molar-refractivity contribution in [2.24, 2.45) is 0 Å². The minimum Gasteiger partial charge on any atom is -0.351 e. The molecule has 1 amide bonds. The summed E-state index contributed by atoms with van der Waals surface area (Å²) in [5.74, 6) is 0.253. The maximum Gasteiger partial charge on any atom is 0.292 e. The number of amides is 1. The van der Waals surface area contributed by atoms with Gasteiger partial charge in [-0.3, -0.25) is 14.7 Å². The van der Waals surface area contributed by atoms with Crippen LogP contribution in [0.2, 0.25) is 0 Å². The summed E-state index contributed by atoms with van der Waals surface area (Å²) in [6.45, 7) is 5.02. The molecule has 0 radical (unpaired) electrons. The number of piperidine rings is 1. The highest BCUT2D eigenvalue weighted by Crippen LogP contribution is 2.27. The van der Waals surface area contributed by atoms with E-state index in [-0.39, 0.29) is 23.1 Å². The second-order valence-electron chi connectivity index (χ2n) is 6.77. The Morgan fingerprint density at radius 2 is 2.23 bits per heavy atom. The number of carbonyl (C=O) groups excluding carboxylic acids is 1. The molecule has 3 aromatic heterocycles. The fourth-order valence-corrected chi connectivity index (χ4v) is 3.48. The molecule has 4 rings (SSSR count). The van der Waals surface area contributed by atoms with Crippen LogP contribution < -0.4 is 5.56 Å². The zero-order valence-electron chi connectivity index (χ0n) is 14.9. The summed E-state index contributed by atoms with van der Waals surface area (Å²) < 4.78 is 6.57. The molecule has 136 valence electrons. The lowest BCUT2D eigenvalue weighted by Gasteiger charge is -2.31. The molecule has 3 aromatic rings. The molecule has 0 aromatic carbocycles. The van der Waals surface area contributed by atoms with E-state index in [1.807, 2.05) is 13.0 Å². The lowest BCUT2D eigenvalue weighted by molar-refractivity contribution is 0.0663. The lowest BCUT2D eigenvalue weighted by Crippen LogP contribution is -2.39. The van der Waals surface area contributed by atoms with Gasteiger partial charge in [0.25, 0.3) is 11.5 Å². The molecular formula is C18H21N5O3. The third kappa shape index (κ3) is 2.91. The molecule has 0 spiro atoms. The number of nitrogens with zero attached hydrogens (tertiary/aromatic N) is 4. The fraction of sp³-hybridized carbons (Fsp3) is 0.444. The van der Waals surface area contributed by atoms with E-state index in [1.54, 1.807) is 24.0 Å². The Labute approximate surface area is 149 Å². The minimum atomic E-state index is -0.144. The SMILES string of the molecule is CCc1cc(=O)n2[nH]c(C3CCCN(C(=O)c4cc(C)no4)C3)cc2n1. The third-order valence-electron chi connectivity index (χ3n) is 4.87. The number of hydrogen-bond donors (Lipinski definition) is 1. The van der Waals surface area contributed by atoms with Gasteiger partial charge in [0, 0.05) is 48.6 Å². The normalized spacial score (nSPS) is 17.8.